The largest absolute Gasteiger partial charge is 0.388 e. The zero-order valence-electron chi connectivity index (χ0n) is 12.3. The summed E-state index contributed by atoms with van der Waals surface area (Å²) in [6.07, 6.45) is 5.70. The molecule has 1 fully saturated rings. The van der Waals surface area contributed by atoms with E-state index in [0.29, 0.717) is 18.8 Å². The van der Waals surface area contributed by atoms with Gasteiger partial charge in [-0.05, 0) is 24.3 Å². The highest BCUT2D eigenvalue weighted by Crippen LogP contribution is 2.30. The first-order valence-electron chi connectivity index (χ1n) is 7.54. The van der Waals surface area contributed by atoms with Crippen molar-refractivity contribution in [1.82, 2.24) is 14.9 Å². The summed E-state index contributed by atoms with van der Waals surface area (Å²) in [4.78, 5) is 22.1. The number of likely N-dealkylation sites (tertiary alicyclic amines) is 1. The maximum absolute atomic E-state index is 12.3. The minimum atomic E-state index is -0.463. The molecule has 0 aliphatic carbocycles. The van der Waals surface area contributed by atoms with Gasteiger partial charge >= 0.3 is 0 Å². The van der Waals surface area contributed by atoms with Crippen molar-refractivity contribution in [2.45, 2.75) is 18.9 Å². The van der Waals surface area contributed by atoms with Crippen LogP contribution in [0, 0.1) is 5.92 Å². The third kappa shape index (κ3) is 3.14. The van der Waals surface area contributed by atoms with Crippen molar-refractivity contribution in [2.75, 3.05) is 13.1 Å². The van der Waals surface area contributed by atoms with Gasteiger partial charge in [-0.2, -0.15) is 0 Å². The molecular formula is C17H19N3O2. The molecule has 1 amide bonds. The van der Waals surface area contributed by atoms with Gasteiger partial charge in [0.25, 0.3) is 5.91 Å². The number of nitrogens with zero attached hydrogens (tertiary/aromatic N) is 3. The van der Waals surface area contributed by atoms with Crippen LogP contribution in [0.15, 0.2) is 48.9 Å². The van der Waals surface area contributed by atoms with Crippen molar-refractivity contribution in [1.29, 1.82) is 0 Å². The Morgan fingerprint density at radius 1 is 1.18 bits per heavy atom. The molecule has 2 aromatic rings. The summed E-state index contributed by atoms with van der Waals surface area (Å²) in [5, 5.41) is 10.5. The molecule has 2 heterocycles. The smallest absolute Gasteiger partial charge is 0.274 e. The summed E-state index contributed by atoms with van der Waals surface area (Å²) in [6, 6.07) is 9.71. The standard InChI is InChI=1S/C17H19N3O2/c21-16(13-4-2-1-3-5-13)14-6-10-20(11-7-14)17(22)15-12-18-8-9-19-15/h1-5,8-9,12,14,16,21H,6-7,10-11H2/t16-/m0/s1. The topological polar surface area (TPSA) is 66.3 Å². The van der Waals surface area contributed by atoms with E-state index in [-0.39, 0.29) is 11.8 Å². The fourth-order valence-electron chi connectivity index (χ4n) is 2.91. The van der Waals surface area contributed by atoms with Gasteiger partial charge in [0.15, 0.2) is 0 Å². The van der Waals surface area contributed by atoms with Gasteiger partial charge in [0.1, 0.15) is 5.69 Å². The number of aliphatic hydroxyl groups is 1. The number of piperidine rings is 1. The first kappa shape index (κ1) is 14.7. The number of amides is 1. The molecule has 0 radical (unpaired) electrons. The lowest BCUT2D eigenvalue weighted by Gasteiger charge is -2.34. The molecule has 3 rings (SSSR count). The van der Waals surface area contributed by atoms with Gasteiger partial charge in [0.05, 0.1) is 12.3 Å². The minimum absolute atomic E-state index is 0.0826. The molecule has 0 bridgehead atoms. The average molecular weight is 297 g/mol. The highest BCUT2D eigenvalue weighted by molar-refractivity contribution is 5.92. The Morgan fingerprint density at radius 3 is 2.55 bits per heavy atom. The van der Waals surface area contributed by atoms with Gasteiger partial charge in [-0.25, -0.2) is 4.98 Å². The lowest BCUT2D eigenvalue weighted by Crippen LogP contribution is -2.40. The van der Waals surface area contributed by atoms with E-state index in [1.165, 1.54) is 12.4 Å². The lowest BCUT2D eigenvalue weighted by atomic mass is 9.87. The van der Waals surface area contributed by atoms with E-state index in [2.05, 4.69) is 9.97 Å². The second kappa shape index (κ2) is 6.66. The van der Waals surface area contributed by atoms with E-state index in [1.807, 2.05) is 30.3 Å². The van der Waals surface area contributed by atoms with Crippen LogP contribution in [0.25, 0.3) is 0 Å². The summed E-state index contributed by atoms with van der Waals surface area (Å²) < 4.78 is 0. The number of hydrogen-bond donors (Lipinski definition) is 1. The summed E-state index contributed by atoms with van der Waals surface area (Å²) in [5.74, 6) is 0.106. The highest BCUT2D eigenvalue weighted by Gasteiger charge is 2.29. The quantitative estimate of drug-likeness (QED) is 0.941. The summed E-state index contributed by atoms with van der Waals surface area (Å²) in [7, 11) is 0. The van der Waals surface area contributed by atoms with Crippen LogP contribution < -0.4 is 0 Å². The van der Waals surface area contributed by atoms with E-state index in [1.54, 1.807) is 11.1 Å². The molecule has 0 saturated carbocycles. The number of aliphatic hydroxyl groups excluding tert-OH is 1. The fourth-order valence-corrected chi connectivity index (χ4v) is 2.91. The van der Waals surface area contributed by atoms with Gasteiger partial charge in [0, 0.05) is 25.5 Å². The molecule has 1 atom stereocenters. The maximum atomic E-state index is 12.3. The van der Waals surface area contributed by atoms with Gasteiger partial charge in [-0.3, -0.25) is 9.78 Å². The van der Waals surface area contributed by atoms with Crippen LogP contribution in [-0.2, 0) is 0 Å². The van der Waals surface area contributed by atoms with Crippen molar-refractivity contribution >= 4 is 5.91 Å². The van der Waals surface area contributed by atoms with Crippen LogP contribution in [0.2, 0.25) is 0 Å². The Hall–Kier alpha value is -2.27. The van der Waals surface area contributed by atoms with Crippen LogP contribution in [0.4, 0.5) is 0 Å². The fraction of sp³-hybridized carbons (Fsp3) is 0.353. The Kier molecular flexibility index (Phi) is 4.44. The molecule has 1 saturated heterocycles. The zero-order chi connectivity index (χ0) is 15.4. The van der Waals surface area contributed by atoms with Crippen LogP contribution >= 0.6 is 0 Å². The maximum Gasteiger partial charge on any atom is 0.274 e. The zero-order valence-corrected chi connectivity index (χ0v) is 12.3. The van der Waals surface area contributed by atoms with Crippen molar-refractivity contribution < 1.29 is 9.90 Å². The number of hydrogen-bond acceptors (Lipinski definition) is 4. The van der Waals surface area contributed by atoms with Gasteiger partial charge < -0.3 is 10.0 Å². The van der Waals surface area contributed by atoms with Crippen LogP contribution in [-0.4, -0.2) is 39.0 Å². The predicted octanol–water partition coefficient (Wildman–Crippen LogP) is 2.06. The molecule has 1 aliphatic heterocycles. The molecule has 1 aliphatic rings. The molecule has 0 spiro atoms. The minimum Gasteiger partial charge on any atom is -0.388 e. The molecular weight excluding hydrogens is 278 g/mol. The molecule has 1 aromatic heterocycles. The first-order valence-corrected chi connectivity index (χ1v) is 7.54. The summed E-state index contributed by atoms with van der Waals surface area (Å²) in [6.45, 7) is 1.29. The Bertz CT molecular complexity index is 610. The monoisotopic (exact) mass is 297 g/mol. The number of benzene rings is 1. The van der Waals surface area contributed by atoms with Crippen LogP contribution in [0.5, 0.6) is 0 Å². The van der Waals surface area contributed by atoms with E-state index in [9.17, 15) is 9.90 Å². The third-order valence-electron chi connectivity index (χ3n) is 4.20. The van der Waals surface area contributed by atoms with Crippen LogP contribution in [0.1, 0.15) is 35.0 Å². The third-order valence-corrected chi connectivity index (χ3v) is 4.20. The summed E-state index contributed by atoms with van der Waals surface area (Å²) in [5.41, 5.74) is 1.32. The van der Waals surface area contributed by atoms with Crippen molar-refractivity contribution in [2.24, 2.45) is 5.92 Å². The Morgan fingerprint density at radius 2 is 1.91 bits per heavy atom. The normalized spacial score (nSPS) is 17.2. The Balaban J connectivity index is 1.60. The number of carbonyl (C=O) groups is 1. The van der Waals surface area contributed by atoms with Gasteiger partial charge in [-0.1, -0.05) is 30.3 Å². The van der Waals surface area contributed by atoms with Crippen molar-refractivity contribution in [3.05, 3.63) is 60.2 Å². The molecule has 1 N–H and O–H groups in total. The molecule has 114 valence electrons. The van der Waals surface area contributed by atoms with Crippen LogP contribution in [0.3, 0.4) is 0 Å². The number of carbonyl (C=O) groups excluding carboxylic acids is 1. The van der Waals surface area contributed by atoms with E-state index in [4.69, 9.17) is 0 Å². The van der Waals surface area contributed by atoms with E-state index in [0.717, 1.165) is 18.4 Å². The predicted molar refractivity (Wildman–Crippen MR) is 82.1 cm³/mol. The van der Waals surface area contributed by atoms with Crippen molar-refractivity contribution in [3.63, 3.8) is 0 Å². The molecule has 5 nitrogen and oxygen atoms in total. The van der Waals surface area contributed by atoms with E-state index < -0.39 is 6.10 Å². The first-order chi connectivity index (χ1) is 10.8. The second-order valence-corrected chi connectivity index (χ2v) is 5.58. The van der Waals surface area contributed by atoms with Gasteiger partial charge in [-0.15, -0.1) is 0 Å². The molecule has 1 aromatic carbocycles. The SMILES string of the molecule is O=C(c1cnccn1)N1CCC([C@@H](O)c2ccccc2)CC1. The Labute approximate surface area is 129 Å². The average Bonchev–Trinajstić information content (AvgIpc) is 2.62. The molecule has 0 unspecified atom stereocenters. The molecule has 5 heteroatoms. The number of aromatic nitrogens is 2. The lowest BCUT2D eigenvalue weighted by molar-refractivity contribution is 0.0458. The second-order valence-electron chi connectivity index (χ2n) is 5.58. The van der Waals surface area contributed by atoms with Crippen molar-refractivity contribution in [3.8, 4) is 0 Å². The van der Waals surface area contributed by atoms with E-state index >= 15 is 0 Å². The molecule has 22 heavy (non-hydrogen) atoms. The number of rotatable bonds is 3. The van der Waals surface area contributed by atoms with Gasteiger partial charge in [0.2, 0.25) is 0 Å². The highest BCUT2D eigenvalue weighted by atomic mass is 16.3. The summed E-state index contributed by atoms with van der Waals surface area (Å²) >= 11 is 0.